The molecule has 0 amide bonds. The zero-order valence-electron chi connectivity index (χ0n) is 18.8. The van der Waals surface area contributed by atoms with Crippen LogP contribution in [0.25, 0.3) is 27.6 Å². The van der Waals surface area contributed by atoms with Crippen LogP contribution in [-0.2, 0) is 0 Å². The predicted octanol–water partition coefficient (Wildman–Crippen LogP) is 4.32. The number of nitrogens with one attached hydrogen (secondary N) is 1. The number of thioether (sulfide) groups is 1. The summed E-state index contributed by atoms with van der Waals surface area (Å²) in [4.78, 5) is 24.2. The monoisotopic (exact) mass is 452 g/mol. The van der Waals surface area contributed by atoms with Crippen LogP contribution in [0, 0.1) is 0 Å². The van der Waals surface area contributed by atoms with Crippen LogP contribution in [0.4, 0.5) is 0 Å². The average Bonchev–Trinajstić information content (AvgIpc) is 3.20. The summed E-state index contributed by atoms with van der Waals surface area (Å²) < 4.78 is 12.5. The number of H-pyrrole nitrogens is 1. The molecule has 2 aromatic heterocycles. The lowest BCUT2D eigenvalue weighted by atomic mass is 10.2. The van der Waals surface area contributed by atoms with E-state index >= 15 is 0 Å². The second-order valence-electron chi connectivity index (χ2n) is 7.34. The molecule has 0 aliphatic carbocycles. The number of rotatable bonds is 9. The first-order valence-electron chi connectivity index (χ1n) is 10.7. The number of methoxy groups -OCH3 is 2. The molecule has 0 aliphatic heterocycles. The Bertz CT molecular complexity index is 1290. The minimum Gasteiger partial charge on any atom is -0.493 e. The molecule has 0 atom stereocenters. The summed E-state index contributed by atoms with van der Waals surface area (Å²) in [5.74, 6) is 2.00. The van der Waals surface area contributed by atoms with Crippen molar-refractivity contribution >= 4 is 33.7 Å². The van der Waals surface area contributed by atoms with Gasteiger partial charge in [-0.05, 0) is 31.3 Å². The second kappa shape index (κ2) is 9.67. The van der Waals surface area contributed by atoms with Crippen molar-refractivity contribution in [2.24, 2.45) is 0 Å². The topological polar surface area (TPSA) is 72.4 Å². The zero-order chi connectivity index (χ0) is 22.7. The minimum atomic E-state index is -0.135. The summed E-state index contributed by atoms with van der Waals surface area (Å²) in [5, 5.41) is 1.61. The Labute approximate surface area is 191 Å². The second-order valence-corrected chi connectivity index (χ2v) is 8.41. The first kappa shape index (κ1) is 22.2. The average molecular weight is 453 g/mol. The highest BCUT2D eigenvalue weighted by Crippen LogP contribution is 2.31. The number of aromatic nitrogens is 3. The van der Waals surface area contributed by atoms with Crippen LogP contribution < -0.4 is 15.0 Å². The van der Waals surface area contributed by atoms with E-state index in [1.807, 2.05) is 36.4 Å². The largest absolute Gasteiger partial charge is 0.493 e. The van der Waals surface area contributed by atoms with Gasteiger partial charge in [0.25, 0.3) is 5.56 Å². The molecule has 8 heteroatoms. The summed E-state index contributed by atoms with van der Waals surface area (Å²) in [5.41, 5.74) is 2.65. The van der Waals surface area contributed by atoms with E-state index in [-0.39, 0.29) is 5.56 Å². The van der Waals surface area contributed by atoms with Crippen molar-refractivity contribution in [2.75, 3.05) is 39.6 Å². The summed E-state index contributed by atoms with van der Waals surface area (Å²) in [6.07, 6.45) is 0. The molecule has 0 aliphatic rings. The molecular weight excluding hydrogens is 424 g/mol. The van der Waals surface area contributed by atoms with Crippen molar-refractivity contribution in [3.05, 3.63) is 52.8 Å². The fourth-order valence-corrected chi connectivity index (χ4v) is 4.84. The number of hydrogen-bond donors (Lipinski definition) is 1. The molecule has 1 N–H and O–H groups in total. The van der Waals surface area contributed by atoms with Crippen molar-refractivity contribution < 1.29 is 9.47 Å². The third-order valence-corrected chi connectivity index (χ3v) is 6.57. The van der Waals surface area contributed by atoms with Gasteiger partial charge in [0.1, 0.15) is 11.0 Å². The molecule has 0 radical (unpaired) electrons. The van der Waals surface area contributed by atoms with Gasteiger partial charge in [-0.15, -0.1) is 0 Å². The van der Waals surface area contributed by atoms with Crippen molar-refractivity contribution in [3.8, 4) is 17.2 Å². The van der Waals surface area contributed by atoms with E-state index in [1.54, 1.807) is 36.6 Å². The SMILES string of the molecule is CCN(CC)CCSc1nc2c([nH]c3ccccc32)c(=O)n1-c1ccc(OC)c(OC)c1. The molecule has 0 fully saturated rings. The summed E-state index contributed by atoms with van der Waals surface area (Å²) in [7, 11) is 3.18. The van der Waals surface area contributed by atoms with Crippen LogP contribution >= 0.6 is 11.8 Å². The molecule has 2 aromatic carbocycles. The lowest BCUT2D eigenvalue weighted by molar-refractivity contribution is 0.324. The Hall–Kier alpha value is -2.97. The van der Waals surface area contributed by atoms with E-state index in [0.717, 1.165) is 36.3 Å². The molecular formula is C24H28N4O3S. The lowest BCUT2D eigenvalue weighted by Crippen LogP contribution is -2.26. The van der Waals surface area contributed by atoms with Crippen molar-refractivity contribution in [3.63, 3.8) is 0 Å². The standard InChI is InChI=1S/C24H28N4O3S/c1-5-27(6-2)13-14-32-24-26-21-17-9-7-8-10-18(17)25-22(21)23(29)28(24)16-11-12-19(30-3)20(15-16)31-4/h7-12,15,25H,5-6,13-14H2,1-4H3. The molecule has 0 unspecified atom stereocenters. The first-order valence-corrected chi connectivity index (χ1v) is 11.7. The maximum absolute atomic E-state index is 13.7. The molecule has 7 nitrogen and oxygen atoms in total. The van der Waals surface area contributed by atoms with E-state index in [4.69, 9.17) is 14.5 Å². The van der Waals surface area contributed by atoms with Gasteiger partial charge in [0.2, 0.25) is 0 Å². The number of benzene rings is 2. The smallest absolute Gasteiger partial charge is 0.283 e. The van der Waals surface area contributed by atoms with Crippen LogP contribution in [0.15, 0.2) is 52.4 Å². The summed E-state index contributed by atoms with van der Waals surface area (Å²) in [6.45, 7) is 7.22. The molecule has 168 valence electrons. The van der Waals surface area contributed by atoms with Gasteiger partial charge in [-0.2, -0.15) is 0 Å². The van der Waals surface area contributed by atoms with E-state index in [9.17, 15) is 4.79 Å². The highest BCUT2D eigenvalue weighted by Gasteiger charge is 2.18. The normalized spacial score (nSPS) is 11.5. The Morgan fingerprint density at radius 3 is 2.53 bits per heavy atom. The number of ether oxygens (including phenoxy) is 2. The maximum atomic E-state index is 13.7. The van der Waals surface area contributed by atoms with E-state index < -0.39 is 0 Å². The molecule has 0 saturated carbocycles. The molecule has 0 spiro atoms. The van der Waals surface area contributed by atoms with Crippen LogP contribution in [-0.4, -0.2) is 59.0 Å². The molecule has 2 heterocycles. The Morgan fingerprint density at radius 2 is 1.81 bits per heavy atom. The highest BCUT2D eigenvalue weighted by molar-refractivity contribution is 7.99. The number of nitrogens with zero attached hydrogens (tertiary/aromatic N) is 3. The molecule has 4 aromatic rings. The van der Waals surface area contributed by atoms with Crippen LogP contribution in [0.5, 0.6) is 11.5 Å². The van der Waals surface area contributed by atoms with Gasteiger partial charge in [0, 0.05) is 29.3 Å². The molecule has 0 saturated heterocycles. The van der Waals surface area contributed by atoms with Crippen LogP contribution in [0.3, 0.4) is 0 Å². The Morgan fingerprint density at radius 1 is 1.06 bits per heavy atom. The molecule has 0 bridgehead atoms. The Balaban J connectivity index is 1.88. The number of para-hydroxylation sites is 1. The van der Waals surface area contributed by atoms with Crippen LogP contribution in [0.2, 0.25) is 0 Å². The van der Waals surface area contributed by atoms with Crippen molar-refractivity contribution in [2.45, 2.75) is 19.0 Å². The van der Waals surface area contributed by atoms with Gasteiger partial charge >= 0.3 is 0 Å². The predicted molar refractivity (Wildman–Crippen MR) is 131 cm³/mol. The third-order valence-electron chi connectivity index (χ3n) is 5.65. The zero-order valence-corrected chi connectivity index (χ0v) is 19.7. The van der Waals surface area contributed by atoms with Crippen LogP contribution in [0.1, 0.15) is 13.8 Å². The van der Waals surface area contributed by atoms with Gasteiger partial charge in [-0.25, -0.2) is 4.98 Å². The third kappa shape index (κ3) is 4.08. The first-order chi connectivity index (χ1) is 15.6. The maximum Gasteiger partial charge on any atom is 0.283 e. The van der Waals surface area contributed by atoms with Gasteiger partial charge in [0.15, 0.2) is 16.7 Å². The molecule has 4 rings (SSSR count). The Kier molecular flexibility index (Phi) is 6.72. The van der Waals surface area contributed by atoms with E-state index in [1.165, 1.54) is 0 Å². The minimum absolute atomic E-state index is 0.135. The van der Waals surface area contributed by atoms with E-state index in [2.05, 4.69) is 23.7 Å². The summed E-state index contributed by atoms with van der Waals surface area (Å²) in [6, 6.07) is 13.3. The summed E-state index contributed by atoms with van der Waals surface area (Å²) >= 11 is 1.59. The van der Waals surface area contributed by atoms with E-state index in [0.29, 0.717) is 33.4 Å². The van der Waals surface area contributed by atoms with Gasteiger partial charge in [-0.3, -0.25) is 9.36 Å². The number of aromatic amines is 1. The van der Waals surface area contributed by atoms with Gasteiger partial charge < -0.3 is 19.4 Å². The molecule has 32 heavy (non-hydrogen) atoms. The highest BCUT2D eigenvalue weighted by atomic mass is 32.2. The number of hydrogen-bond acceptors (Lipinski definition) is 6. The number of fused-ring (bicyclic) bond motifs is 3. The lowest BCUT2D eigenvalue weighted by Gasteiger charge is -2.18. The van der Waals surface area contributed by atoms with Crippen molar-refractivity contribution in [1.29, 1.82) is 0 Å². The van der Waals surface area contributed by atoms with Crippen molar-refractivity contribution in [1.82, 2.24) is 19.4 Å². The quantitative estimate of drug-likeness (QED) is 0.301. The fourth-order valence-electron chi connectivity index (χ4n) is 3.84. The fraction of sp³-hybridized carbons (Fsp3) is 0.333. The van der Waals surface area contributed by atoms with Gasteiger partial charge in [-0.1, -0.05) is 43.8 Å². The van der Waals surface area contributed by atoms with Gasteiger partial charge in [0.05, 0.1) is 19.9 Å².